The van der Waals surface area contributed by atoms with E-state index in [9.17, 15) is 4.79 Å². The quantitative estimate of drug-likeness (QED) is 0.903. The van der Waals surface area contributed by atoms with Gasteiger partial charge in [0.2, 0.25) is 5.91 Å². The second kappa shape index (κ2) is 5.33. The summed E-state index contributed by atoms with van der Waals surface area (Å²) in [5.41, 5.74) is 1.02. The van der Waals surface area contributed by atoms with Crippen LogP contribution in [0.25, 0.3) is 0 Å². The molecule has 3 nitrogen and oxygen atoms in total. The normalized spacial score (nSPS) is 28.0. The molecule has 2 fully saturated rings. The minimum absolute atomic E-state index is 0.240. The van der Waals surface area contributed by atoms with Gasteiger partial charge in [-0.3, -0.25) is 4.79 Å². The van der Waals surface area contributed by atoms with Crippen LogP contribution in [0.3, 0.4) is 0 Å². The molecular formula is C14H18N2OS. The van der Waals surface area contributed by atoms with E-state index in [1.54, 1.807) is 0 Å². The third-order valence-electron chi connectivity index (χ3n) is 3.59. The van der Waals surface area contributed by atoms with Crippen molar-refractivity contribution in [1.82, 2.24) is 5.32 Å². The number of anilines is 1. The highest BCUT2D eigenvalue weighted by atomic mass is 32.2. The Bertz CT molecular complexity index is 417. The molecule has 18 heavy (non-hydrogen) atoms. The Morgan fingerprint density at radius 3 is 2.78 bits per heavy atom. The van der Waals surface area contributed by atoms with Crippen molar-refractivity contribution in [2.24, 2.45) is 0 Å². The van der Waals surface area contributed by atoms with E-state index in [0.29, 0.717) is 18.5 Å². The van der Waals surface area contributed by atoms with Crippen molar-refractivity contribution in [3.8, 4) is 0 Å². The average molecular weight is 262 g/mol. The lowest BCUT2D eigenvalue weighted by Gasteiger charge is -2.19. The number of benzene rings is 1. The van der Waals surface area contributed by atoms with Gasteiger partial charge in [-0.1, -0.05) is 18.2 Å². The standard InChI is InChI=1S/C14H18N2OS/c17-14-8-12(15-11-6-7-18-10-11)9-16(14)13-4-2-1-3-5-13/h1-5,11-12,15H,6-10H2/t11-,12+/m0/s1. The van der Waals surface area contributed by atoms with Crippen LogP contribution in [0.5, 0.6) is 0 Å². The summed E-state index contributed by atoms with van der Waals surface area (Å²) in [7, 11) is 0. The van der Waals surface area contributed by atoms with Gasteiger partial charge in [-0.25, -0.2) is 0 Å². The largest absolute Gasteiger partial charge is 0.311 e. The van der Waals surface area contributed by atoms with Crippen LogP contribution in [0.1, 0.15) is 12.8 Å². The van der Waals surface area contributed by atoms with Gasteiger partial charge in [0.1, 0.15) is 0 Å². The molecule has 0 unspecified atom stereocenters. The molecule has 2 aliphatic heterocycles. The highest BCUT2D eigenvalue weighted by molar-refractivity contribution is 7.99. The molecule has 0 aliphatic carbocycles. The van der Waals surface area contributed by atoms with E-state index < -0.39 is 0 Å². The van der Waals surface area contributed by atoms with Crippen LogP contribution in [0.2, 0.25) is 0 Å². The molecule has 2 aliphatic rings. The molecule has 0 aromatic heterocycles. The van der Waals surface area contributed by atoms with E-state index in [0.717, 1.165) is 12.2 Å². The summed E-state index contributed by atoms with van der Waals surface area (Å²) >= 11 is 2.00. The van der Waals surface area contributed by atoms with Gasteiger partial charge in [-0.05, 0) is 24.3 Å². The minimum Gasteiger partial charge on any atom is -0.311 e. The number of nitrogens with zero attached hydrogens (tertiary/aromatic N) is 1. The fourth-order valence-corrected chi connectivity index (χ4v) is 3.84. The van der Waals surface area contributed by atoms with Crippen molar-refractivity contribution < 1.29 is 4.79 Å². The van der Waals surface area contributed by atoms with Gasteiger partial charge in [0, 0.05) is 36.5 Å². The Balaban J connectivity index is 1.63. The summed E-state index contributed by atoms with van der Waals surface area (Å²) in [6.07, 6.45) is 1.87. The van der Waals surface area contributed by atoms with Gasteiger partial charge in [0.25, 0.3) is 0 Å². The number of nitrogens with one attached hydrogen (secondary N) is 1. The first-order chi connectivity index (χ1) is 8.83. The lowest BCUT2D eigenvalue weighted by molar-refractivity contribution is -0.117. The Hall–Kier alpha value is -1.00. The molecule has 2 atom stereocenters. The van der Waals surface area contributed by atoms with Gasteiger partial charge in [-0.15, -0.1) is 0 Å². The second-order valence-corrected chi connectivity index (χ2v) is 6.12. The Kier molecular flexibility index (Phi) is 3.57. The van der Waals surface area contributed by atoms with Crippen molar-refractivity contribution >= 4 is 23.4 Å². The van der Waals surface area contributed by atoms with Crippen molar-refractivity contribution in [3.05, 3.63) is 30.3 Å². The number of hydrogen-bond donors (Lipinski definition) is 1. The van der Waals surface area contributed by atoms with Crippen LogP contribution >= 0.6 is 11.8 Å². The Labute approximate surface area is 112 Å². The zero-order chi connectivity index (χ0) is 12.4. The maximum absolute atomic E-state index is 12.0. The maximum Gasteiger partial charge on any atom is 0.228 e. The SMILES string of the molecule is O=C1C[C@@H](N[C@H]2CCSC2)CN1c1ccccc1. The summed E-state index contributed by atoms with van der Waals surface area (Å²) in [5, 5.41) is 3.62. The third kappa shape index (κ3) is 2.54. The zero-order valence-electron chi connectivity index (χ0n) is 10.3. The summed E-state index contributed by atoms with van der Waals surface area (Å²) in [6.45, 7) is 0.810. The molecule has 0 radical (unpaired) electrons. The van der Waals surface area contributed by atoms with E-state index in [1.165, 1.54) is 17.9 Å². The van der Waals surface area contributed by atoms with Crippen molar-refractivity contribution in [2.75, 3.05) is 23.0 Å². The number of carbonyl (C=O) groups is 1. The van der Waals surface area contributed by atoms with Gasteiger partial charge in [0.15, 0.2) is 0 Å². The first-order valence-electron chi connectivity index (χ1n) is 6.52. The number of para-hydroxylation sites is 1. The van der Waals surface area contributed by atoms with E-state index in [4.69, 9.17) is 0 Å². The molecule has 1 aromatic carbocycles. The van der Waals surface area contributed by atoms with E-state index >= 15 is 0 Å². The molecule has 2 saturated heterocycles. The molecule has 4 heteroatoms. The fraction of sp³-hybridized carbons (Fsp3) is 0.500. The molecule has 1 N–H and O–H groups in total. The van der Waals surface area contributed by atoms with Crippen LogP contribution in [0.15, 0.2) is 30.3 Å². The summed E-state index contributed by atoms with van der Waals surface area (Å²) in [5.74, 6) is 2.68. The predicted molar refractivity (Wildman–Crippen MR) is 76.1 cm³/mol. The molecule has 1 aromatic rings. The number of rotatable bonds is 3. The number of carbonyl (C=O) groups excluding carboxylic acids is 1. The predicted octanol–water partition coefficient (Wildman–Crippen LogP) is 1.89. The van der Waals surface area contributed by atoms with Gasteiger partial charge in [-0.2, -0.15) is 11.8 Å². The van der Waals surface area contributed by atoms with Crippen LogP contribution in [-0.4, -0.2) is 36.0 Å². The molecule has 0 spiro atoms. The fourth-order valence-electron chi connectivity index (χ4n) is 2.68. The smallest absolute Gasteiger partial charge is 0.228 e. The topological polar surface area (TPSA) is 32.3 Å². The third-order valence-corrected chi connectivity index (χ3v) is 4.76. The lowest BCUT2D eigenvalue weighted by Crippen LogP contribution is -2.40. The first-order valence-corrected chi connectivity index (χ1v) is 7.67. The van der Waals surface area contributed by atoms with Crippen LogP contribution in [0, 0.1) is 0 Å². The number of hydrogen-bond acceptors (Lipinski definition) is 3. The van der Waals surface area contributed by atoms with Crippen LogP contribution < -0.4 is 10.2 Å². The summed E-state index contributed by atoms with van der Waals surface area (Å²) in [4.78, 5) is 13.9. The van der Waals surface area contributed by atoms with Gasteiger partial charge >= 0.3 is 0 Å². The summed E-state index contributed by atoms with van der Waals surface area (Å²) < 4.78 is 0. The zero-order valence-corrected chi connectivity index (χ0v) is 11.2. The highest BCUT2D eigenvalue weighted by Crippen LogP contribution is 2.23. The lowest BCUT2D eigenvalue weighted by atomic mass is 10.2. The molecular weight excluding hydrogens is 244 g/mol. The monoisotopic (exact) mass is 262 g/mol. The molecule has 3 rings (SSSR count). The average Bonchev–Trinajstić information content (AvgIpc) is 3.01. The molecule has 1 amide bonds. The van der Waals surface area contributed by atoms with Crippen molar-refractivity contribution in [2.45, 2.75) is 24.9 Å². The Morgan fingerprint density at radius 1 is 1.22 bits per heavy atom. The highest BCUT2D eigenvalue weighted by Gasteiger charge is 2.32. The maximum atomic E-state index is 12.0. The van der Waals surface area contributed by atoms with Gasteiger partial charge < -0.3 is 10.2 Å². The summed E-state index contributed by atoms with van der Waals surface area (Å²) in [6, 6.07) is 10.9. The van der Waals surface area contributed by atoms with E-state index in [1.807, 2.05) is 47.0 Å². The number of thioether (sulfide) groups is 1. The molecule has 96 valence electrons. The van der Waals surface area contributed by atoms with E-state index in [2.05, 4.69) is 5.32 Å². The van der Waals surface area contributed by atoms with Gasteiger partial charge in [0.05, 0.1) is 0 Å². The minimum atomic E-state index is 0.240. The van der Waals surface area contributed by atoms with Crippen LogP contribution in [-0.2, 0) is 4.79 Å². The molecule has 0 saturated carbocycles. The molecule has 0 bridgehead atoms. The first kappa shape index (κ1) is 12.1. The van der Waals surface area contributed by atoms with Crippen molar-refractivity contribution in [1.29, 1.82) is 0 Å². The number of amides is 1. The van der Waals surface area contributed by atoms with E-state index in [-0.39, 0.29) is 5.91 Å². The van der Waals surface area contributed by atoms with Crippen LogP contribution in [0.4, 0.5) is 5.69 Å². The second-order valence-electron chi connectivity index (χ2n) is 4.97. The molecule has 2 heterocycles. The Morgan fingerprint density at radius 2 is 2.06 bits per heavy atom. The van der Waals surface area contributed by atoms with Crippen molar-refractivity contribution in [3.63, 3.8) is 0 Å².